The largest absolute Gasteiger partial charge is 0.356 e. The standard InChI is InChI=1S/C21H26N4O2/c26-20(8-7-18-5-2-1-3-6-18)25-14-9-19(10-15-25)21(27)23-11-4-13-24-16-12-22-17-24/h1-3,5-8,12,16-17,19H,4,9-11,13-15H2,(H,23,27). The van der Waals surface area contributed by atoms with Gasteiger partial charge in [-0.25, -0.2) is 4.98 Å². The molecule has 0 aliphatic carbocycles. The SMILES string of the molecule is O=C(NCCCn1ccnc1)C1CCN(C(=O)C=Cc2ccccc2)CC1. The summed E-state index contributed by atoms with van der Waals surface area (Å²) in [5, 5.41) is 3.02. The van der Waals surface area contributed by atoms with Gasteiger partial charge < -0.3 is 14.8 Å². The Kier molecular flexibility index (Phi) is 6.79. The molecule has 1 aliphatic rings. The molecular weight excluding hydrogens is 340 g/mol. The molecule has 1 aliphatic heterocycles. The third-order valence-electron chi connectivity index (χ3n) is 4.85. The number of aryl methyl sites for hydroxylation is 1. The van der Waals surface area contributed by atoms with E-state index < -0.39 is 0 Å². The zero-order chi connectivity index (χ0) is 18.9. The third kappa shape index (κ3) is 5.81. The summed E-state index contributed by atoms with van der Waals surface area (Å²) in [6, 6.07) is 9.78. The maximum atomic E-state index is 12.3. The second-order valence-electron chi connectivity index (χ2n) is 6.79. The van der Waals surface area contributed by atoms with Crippen molar-refractivity contribution >= 4 is 17.9 Å². The summed E-state index contributed by atoms with van der Waals surface area (Å²) in [7, 11) is 0. The zero-order valence-corrected chi connectivity index (χ0v) is 15.5. The van der Waals surface area contributed by atoms with E-state index in [0.717, 1.165) is 31.4 Å². The number of carbonyl (C=O) groups is 2. The Hall–Kier alpha value is -2.89. The van der Waals surface area contributed by atoms with Gasteiger partial charge in [0.25, 0.3) is 0 Å². The molecule has 0 bridgehead atoms. The minimum Gasteiger partial charge on any atom is -0.356 e. The van der Waals surface area contributed by atoms with Crippen LogP contribution in [0.25, 0.3) is 6.08 Å². The molecule has 0 saturated carbocycles. The lowest BCUT2D eigenvalue weighted by molar-refractivity contribution is -0.132. The van der Waals surface area contributed by atoms with Gasteiger partial charge in [-0.3, -0.25) is 9.59 Å². The van der Waals surface area contributed by atoms with Crippen LogP contribution in [0.2, 0.25) is 0 Å². The van der Waals surface area contributed by atoms with Crippen LogP contribution in [0.1, 0.15) is 24.8 Å². The van der Waals surface area contributed by atoms with Gasteiger partial charge in [-0.2, -0.15) is 0 Å². The summed E-state index contributed by atoms with van der Waals surface area (Å²) in [5.41, 5.74) is 1.01. The van der Waals surface area contributed by atoms with Crippen molar-refractivity contribution in [1.82, 2.24) is 19.8 Å². The monoisotopic (exact) mass is 366 g/mol. The van der Waals surface area contributed by atoms with Crippen LogP contribution in [0.4, 0.5) is 0 Å². The first kappa shape index (κ1) is 18.9. The Labute approximate surface area is 159 Å². The van der Waals surface area contributed by atoms with E-state index in [1.807, 2.05) is 52.1 Å². The van der Waals surface area contributed by atoms with Crippen LogP contribution in [-0.4, -0.2) is 45.9 Å². The second-order valence-corrected chi connectivity index (χ2v) is 6.79. The summed E-state index contributed by atoms with van der Waals surface area (Å²) in [4.78, 5) is 30.4. The van der Waals surface area contributed by atoms with Gasteiger partial charge >= 0.3 is 0 Å². The number of carbonyl (C=O) groups excluding carboxylic acids is 2. The Morgan fingerprint density at radius 3 is 2.67 bits per heavy atom. The van der Waals surface area contributed by atoms with Crippen molar-refractivity contribution in [3.63, 3.8) is 0 Å². The summed E-state index contributed by atoms with van der Waals surface area (Å²) in [6.45, 7) is 2.77. The molecule has 1 saturated heterocycles. The van der Waals surface area contributed by atoms with Crippen LogP contribution in [0, 0.1) is 5.92 Å². The molecule has 2 amide bonds. The highest BCUT2D eigenvalue weighted by Crippen LogP contribution is 2.18. The number of nitrogens with zero attached hydrogens (tertiary/aromatic N) is 3. The fourth-order valence-corrected chi connectivity index (χ4v) is 3.24. The number of nitrogens with one attached hydrogen (secondary N) is 1. The number of likely N-dealkylation sites (tertiary alicyclic amines) is 1. The number of amides is 2. The average molecular weight is 366 g/mol. The van der Waals surface area contributed by atoms with Crippen LogP contribution in [0.15, 0.2) is 55.1 Å². The average Bonchev–Trinajstić information content (AvgIpc) is 3.24. The topological polar surface area (TPSA) is 67.2 Å². The van der Waals surface area contributed by atoms with E-state index >= 15 is 0 Å². The van der Waals surface area contributed by atoms with Crippen LogP contribution >= 0.6 is 0 Å². The molecule has 0 spiro atoms. The summed E-state index contributed by atoms with van der Waals surface area (Å²) < 4.78 is 2.00. The Balaban J connectivity index is 1.35. The van der Waals surface area contributed by atoms with E-state index in [-0.39, 0.29) is 17.7 Å². The summed E-state index contributed by atoms with van der Waals surface area (Å²) >= 11 is 0. The smallest absolute Gasteiger partial charge is 0.246 e. The zero-order valence-electron chi connectivity index (χ0n) is 15.5. The van der Waals surface area contributed by atoms with E-state index in [1.54, 1.807) is 18.6 Å². The van der Waals surface area contributed by atoms with Crippen molar-refractivity contribution in [2.24, 2.45) is 5.92 Å². The first-order valence-corrected chi connectivity index (χ1v) is 9.48. The minimum atomic E-state index is 0.000368. The number of benzene rings is 1. The molecule has 1 N–H and O–H groups in total. The molecular formula is C21H26N4O2. The number of piperidine rings is 1. The van der Waals surface area contributed by atoms with E-state index in [9.17, 15) is 9.59 Å². The molecule has 142 valence electrons. The van der Waals surface area contributed by atoms with Gasteiger partial charge in [0.1, 0.15) is 0 Å². The van der Waals surface area contributed by atoms with Gasteiger partial charge in [-0.1, -0.05) is 30.3 Å². The predicted octanol–water partition coefficient (Wildman–Crippen LogP) is 2.34. The van der Waals surface area contributed by atoms with Gasteiger partial charge in [0, 0.05) is 50.6 Å². The molecule has 1 aromatic carbocycles. The van der Waals surface area contributed by atoms with Crippen LogP contribution in [0.5, 0.6) is 0 Å². The molecule has 6 heteroatoms. The van der Waals surface area contributed by atoms with Crippen molar-refractivity contribution in [3.05, 3.63) is 60.7 Å². The van der Waals surface area contributed by atoms with Crippen molar-refractivity contribution in [3.8, 4) is 0 Å². The predicted molar refractivity (Wildman–Crippen MR) is 105 cm³/mol. The Bertz CT molecular complexity index is 748. The molecule has 27 heavy (non-hydrogen) atoms. The fraction of sp³-hybridized carbons (Fsp3) is 0.381. The summed E-state index contributed by atoms with van der Waals surface area (Å²) in [5.74, 6) is 0.117. The van der Waals surface area contributed by atoms with Crippen molar-refractivity contribution in [1.29, 1.82) is 0 Å². The quantitative estimate of drug-likeness (QED) is 0.604. The van der Waals surface area contributed by atoms with E-state index in [1.165, 1.54) is 0 Å². The Morgan fingerprint density at radius 1 is 1.19 bits per heavy atom. The highest BCUT2D eigenvalue weighted by Gasteiger charge is 2.26. The first-order valence-electron chi connectivity index (χ1n) is 9.48. The van der Waals surface area contributed by atoms with Gasteiger partial charge in [-0.15, -0.1) is 0 Å². The third-order valence-corrected chi connectivity index (χ3v) is 4.85. The van der Waals surface area contributed by atoms with E-state index in [0.29, 0.717) is 19.6 Å². The van der Waals surface area contributed by atoms with Crippen LogP contribution in [0.3, 0.4) is 0 Å². The maximum absolute atomic E-state index is 12.3. The second kappa shape index (κ2) is 9.71. The Morgan fingerprint density at radius 2 is 1.96 bits per heavy atom. The van der Waals surface area contributed by atoms with Gasteiger partial charge in [0.05, 0.1) is 6.33 Å². The van der Waals surface area contributed by atoms with Crippen LogP contribution in [-0.2, 0) is 16.1 Å². The van der Waals surface area contributed by atoms with Crippen molar-refractivity contribution in [2.45, 2.75) is 25.8 Å². The molecule has 2 heterocycles. The molecule has 0 unspecified atom stereocenters. The van der Waals surface area contributed by atoms with Gasteiger partial charge in [0.2, 0.25) is 11.8 Å². The number of hydrogen-bond donors (Lipinski definition) is 1. The lowest BCUT2D eigenvalue weighted by atomic mass is 9.96. The van der Waals surface area contributed by atoms with Crippen molar-refractivity contribution in [2.75, 3.05) is 19.6 Å². The summed E-state index contributed by atoms with van der Waals surface area (Å²) in [6.07, 6.45) is 11.2. The number of hydrogen-bond acceptors (Lipinski definition) is 3. The number of aromatic nitrogens is 2. The molecule has 3 rings (SSSR count). The molecule has 1 aromatic heterocycles. The van der Waals surface area contributed by atoms with E-state index in [4.69, 9.17) is 0 Å². The molecule has 1 fully saturated rings. The maximum Gasteiger partial charge on any atom is 0.246 e. The highest BCUT2D eigenvalue weighted by molar-refractivity contribution is 5.92. The van der Waals surface area contributed by atoms with Crippen LogP contribution < -0.4 is 5.32 Å². The lowest BCUT2D eigenvalue weighted by Crippen LogP contribution is -2.42. The molecule has 0 atom stereocenters. The van der Waals surface area contributed by atoms with Gasteiger partial charge in [-0.05, 0) is 30.9 Å². The fourth-order valence-electron chi connectivity index (χ4n) is 3.24. The molecule has 0 radical (unpaired) electrons. The normalized spacial score (nSPS) is 15.2. The molecule has 6 nitrogen and oxygen atoms in total. The van der Waals surface area contributed by atoms with E-state index in [2.05, 4.69) is 10.3 Å². The highest BCUT2D eigenvalue weighted by atomic mass is 16.2. The van der Waals surface area contributed by atoms with Crippen molar-refractivity contribution < 1.29 is 9.59 Å². The molecule has 2 aromatic rings. The van der Waals surface area contributed by atoms with Gasteiger partial charge in [0.15, 0.2) is 0 Å². The minimum absolute atomic E-state index is 0.000368. The number of imidazole rings is 1. The first-order chi connectivity index (χ1) is 13.2. The lowest BCUT2D eigenvalue weighted by Gasteiger charge is -2.30. The number of rotatable bonds is 7.